The van der Waals surface area contributed by atoms with Crippen molar-refractivity contribution in [3.63, 3.8) is 0 Å². The van der Waals surface area contributed by atoms with Crippen LogP contribution in [0.2, 0.25) is 0 Å². The van der Waals surface area contributed by atoms with E-state index in [2.05, 4.69) is 29.6 Å². The van der Waals surface area contributed by atoms with Gasteiger partial charge in [-0.2, -0.15) is 0 Å². The lowest BCUT2D eigenvalue weighted by atomic mass is 9.74. The summed E-state index contributed by atoms with van der Waals surface area (Å²) in [6, 6.07) is 15.4. The molecule has 2 aromatic rings. The molecule has 2 aliphatic heterocycles. The summed E-state index contributed by atoms with van der Waals surface area (Å²) in [4.78, 5) is 38.6. The highest BCUT2D eigenvalue weighted by molar-refractivity contribution is 5.89. The van der Waals surface area contributed by atoms with Gasteiger partial charge in [0.05, 0.1) is 0 Å². The lowest BCUT2D eigenvalue weighted by Crippen LogP contribution is -2.69. The van der Waals surface area contributed by atoms with E-state index < -0.39 is 29.6 Å². The second kappa shape index (κ2) is 9.00. The van der Waals surface area contributed by atoms with Gasteiger partial charge in [0.15, 0.2) is 0 Å². The summed E-state index contributed by atoms with van der Waals surface area (Å²) < 4.78 is 11.2. The van der Waals surface area contributed by atoms with Gasteiger partial charge >= 0.3 is 12.1 Å². The molecule has 0 aromatic heterocycles. The van der Waals surface area contributed by atoms with E-state index in [0.717, 1.165) is 22.3 Å². The second-order valence-electron chi connectivity index (χ2n) is 10.2. The van der Waals surface area contributed by atoms with Crippen molar-refractivity contribution < 1.29 is 29.0 Å². The van der Waals surface area contributed by atoms with Gasteiger partial charge in [-0.15, -0.1) is 0 Å². The molecule has 2 saturated heterocycles. The van der Waals surface area contributed by atoms with E-state index in [1.807, 2.05) is 38.1 Å². The largest absolute Gasteiger partial charge is 0.480 e. The Kier molecular flexibility index (Phi) is 6.01. The minimum Gasteiger partial charge on any atom is -0.480 e. The van der Waals surface area contributed by atoms with Crippen LogP contribution in [0.1, 0.15) is 37.3 Å². The number of carboxylic acid groups (broad SMARTS) is 1. The first-order chi connectivity index (χ1) is 16.8. The highest BCUT2D eigenvalue weighted by Gasteiger charge is 2.54. The van der Waals surface area contributed by atoms with Gasteiger partial charge in [0.1, 0.15) is 18.8 Å². The lowest BCUT2D eigenvalue weighted by Gasteiger charge is -2.52. The zero-order valence-electron chi connectivity index (χ0n) is 19.9. The van der Waals surface area contributed by atoms with Crippen molar-refractivity contribution >= 4 is 18.0 Å². The van der Waals surface area contributed by atoms with Crippen LogP contribution in [-0.4, -0.2) is 66.4 Å². The molecule has 3 atom stereocenters. The number of ether oxygens (including phenoxy) is 2. The van der Waals surface area contributed by atoms with Gasteiger partial charge in [0, 0.05) is 36.9 Å². The van der Waals surface area contributed by atoms with Crippen molar-refractivity contribution in [3.05, 3.63) is 59.7 Å². The summed E-state index contributed by atoms with van der Waals surface area (Å²) in [5.74, 6) is -1.60. The molecule has 3 unspecified atom stereocenters. The van der Waals surface area contributed by atoms with Crippen molar-refractivity contribution in [2.75, 3.05) is 26.3 Å². The van der Waals surface area contributed by atoms with Crippen LogP contribution in [0, 0.1) is 11.3 Å². The number of carbonyl (C=O) groups is 3. The molecule has 8 nitrogen and oxygen atoms in total. The summed E-state index contributed by atoms with van der Waals surface area (Å²) in [5.41, 5.74) is 4.13. The summed E-state index contributed by atoms with van der Waals surface area (Å²) in [6.45, 7) is 4.87. The summed E-state index contributed by atoms with van der Waals surface area (Å²) in [6.07, 6.45) is -0.699. The normalized spacial score (nSPS) is 24.3. The van der Waals surface area contributed by atoms with Crippen LogP contribution in [0.3, 0.4) is 0 Å². The van der Waals surface area contributed by atoms with Gasteiger partial charge in [0.25, 0.3) is 5.91 Å². The van der Waals surface area contributed by atoms with Gasteiger partial charge in [-0.25, -0.2) is 9.59 Å². The fourth-order valence-corrected chi connectivity index (χ4v) is 5.74. The molecule has 8 heteroatoms. The Morgan fingerprint density at radius 2 is 1.71 bits per heavy atom. The molecule has 2 heterocycles. The van der Waals surface area contributed by atoms with Crippen molar-refractivity contribution in [2.45, 2.75) is 38.3 Å². The highest BCUT2D eigenvalue weighted by Crippen LogP contribution is 2.44. The molecule has 1 aliphatic carbocycles. The number of benzene rings is 2. The average Bonchev–Trinajstić information content (AvgIpc) is 3.42. The molecule has 35 heavy (non-hydrogen) atoms. The van der Waals surface area contributed by atoms with E-state index in [4.69, 9.17) is 9.47 Å². The van der Waals surface area contributed by atoms with Crippen LogP contribution in [0.15, 0.2) is 48.5 Å². The third kappa shape index (κ3) is 4.16. The third-order valence-electron chi connectivity index (χ3n) is 7.46. The number of alkyl carbamates (subject to hydrolysis) is 1. The van der Waals surface area contributed by atoms with Gasteiger partial charge in [-0.1, -0.05) is 62.4 Å². The quantitative estimate of drug-likeness (QED) is 0.660. The molecule has 184 valence electrons. The molecule has 2 fully saturated rings. The maximum atomic E-state index is 13.0. The molecule has 2 aromatic carbocycles. The number of aliphatic carboxylic acids is 1. The number of fused-ring (bicyclic) bond motifs is 3. The van der Waals surface area contributed by atoms with Gasteiger partial charge in [0.2, 0.25) is 0 Å². The van der Waals surface area contributed by atoms with Crippen LogP contribution in [0.5, 0.6) is 0 Å². The smallest absolute Gasteiger partial charge is 0.407 e. The Balaban J connectivity index is 1.17. The predicted octanol–water partition coefficient (Wildman–Crippen LogP) is 3.25. The van der Waals surface area contributed by atoms with Crippen LogP contribution in [0.25, 0.3) is 11.1 Å². The van der Waals surface area contributed by atoms with Gasteiger partial charge < -0.3 is 24.8 Å². The Labute approximate surface area is 204 Å². The number of amides is 2. The topological polar surface area (TPSA) is 105 Å². The zero-order chi connectivity index (χ0) is 24.7. The fourth-order valence-electron chi connectivity index (χ4n) is 5.74. The molecule has 0 bridgehead atoms. The summed E-state index contributed by atoms with van der Waals surface area (Å²) >= 11 is 0. The molecular formula is C27H30N2O6. The number of rotatable bonds is 6. The second-order valence-corrected chi connectivity index (χ2v) is 10.2. The SMILES string of the molecule is CC1(C)CN(C(=O)C2OCCC2CNC(=O)OCC2c3ccccc3-c3ccccc32)C1C(=O)O. The Bertz CT molecular complexity index is 1120. The average molecular weight is 479 g/mol. The van der Waals surface area contributed by atoms with Crippen LogP contribution < -0.4 is 5.32 Å². The van der Waals surface area contributed by atoms with E-state index in [9.17, 15) is 19.5 Å². The van der Waals surface area contributed by atoms with E-state index in [1.54, 1.807) is 0 Å². The van der Waals surface area contributed by atoms with Crippen molar-refractivity contribution in [1.82, 2.24) is 10.2 Å². The van der Waals surface area contributed by atoms with Gasteiger partial charge in [-0.3, -0.25) is 4.79 Å². The summed E-state index contributed by atoms with van der Waals surface area (Å²) in [7, 11) is 0. The number of likely N-dealkylation sites (tertiary alicyclic amines) is 1. The number of nitrogens with one attached hydrogen (secondary N) is 1. The Hall–Kier alpha value is -3.39. The van der Waals surface area contributed by atoms with Gasteiger partial charge in [-0.05, 0) is 28.7 Å². The molecule has 3 aliphatic rings. The standard InChI is InChI=1S/C27H30N2O6/c1-27(2)15-29(23(27)25(31)32)24(30)22-16(11-12-34-22)13-28-26(33)35-14-21-19-9-5-3-7-17(19)18-8-4-6-10-20(18)21/h3-10,16,21-23H,11-15H2,1-2H3,(H,28,33)(H,31,32). The number of carbonyl (C=O) groups excluding carboxylic acids is 2. The molecule has 5 rings (SSSR count). The van der Waals surface area contributed by atoms with Crippen LogP contribution in [-0.2, 0) is 19.1 Å². The van der Waals surface area contributed by atoms with E-state index in [0.29, 0.717) is 19.6 Å². The molecular weight excluding hydrogens is 448 g/mol. The molecule has 0 radical (unpaired) electrons. The first-order valence-electron chi connectivity index (χ1n) is 12.0. The maximum Gasteiger partial charge on any atom is 0.407 e. The monoisotopic (exact) mass is 478 g/mol. The van der Waals surface area contributed by atoms with Crippen LogP contribution >= 0.6 is 0 Å². The van der Waals surface area contributed by atoms with E-state index in [-0.39, 0.29) is 30.9 Å². The number of nitrogens with zero attached hydrogens (tertiary/aromatic N) is 1. The Morgan fingerprint density at radius 3 is 2.31 bits per heavy atom. The van der Waals surface area contributed by atoms with Crippen molar-refractivity contribution in [3.8, 4) is 11.1 Å². The maximum absolute atomic E-state index is 13.0. The van der Waals surface area contributed by atoms with E-state index in [1.165, 1.54) is 4.90 Å². The molecule has 0 saturated carbocycles. The van der Waals surface area contributed by atoms with E-state index >= 15 is 0 Å². The van der Waals surface area contributed by atoms with Crippen molar-refractivity contribution in [2.24, 2.45) is 11.3 Å². The molecule has 0 spiro atoms. The zero-order valence-corrected chi connectivity index (χ0v) is 19.9. The summed E-state index contributed by atoms with van der Waals surface area (Å²) in [5, 5.41) is 12.3. The number of hydrogen-bond donors (Lipinski definition) is 2. The lowest BCUT2D eigenvalue weighted by molar-refractivity contribution is -0.177. The number of hydrogen-bond acceptors (Lipinski definition) is 5. The molecule has 2 N–H and O–H groups in total. The first-order valence-corrected chi connectivity index (χ1v) is 12.0. The minimum absolute atomic E-state index is 0.0278. The first kappa shape index (κ1) is 23.4. The Morgan fingerprint density at radius 1 is 1.09 bits per heavy atom. The van der Waals surface area contributed by atoms with Crippen molar-refractivity contribution in [1.29, 1.82) is 0 Å². The van der Waals surface area contributed by atoms with Crippen LogP contribution in [0.4, 0.5) is 4.79 Å². The predicted molar refractivity (Wildman–Crippen MR) is 128 cm³/mol. The number of carboxylic acids is 1. The fraction of sp³-hybridized carbons (Fsp3) is 0.444. The molecule has 2 amide bonds. The minimum atomic E-state index is -1.01. The third-order valence-corrected chi connectivity index (χ3v) is 7.46. The highest BCUT2D eigenvalue weighted by atomic mass is 16.5.